The van der Waals surface area contributed by atoms with E-state index in [9.17, 15) is 9.59 Å². The number of imide groups is 1. The van der Waals surface area contributed by atoms with Gasteiger partial charge in [-0.3, -0.25) is 9.59 Å². The van der Waals surface area contributed by atoms with E-state index in [0.29, 0.717) is 5.69 Å². The van der Waals surface area contributed by atoms with Crippen molar-refractivity contribution in [3.63, 3.8) is 0 Å². The molecule has 4 nitrogen and oxygen atoms in total. The van der Waals surface area contributed by atoms with Crippen molar-refractivity contribution in [2.45, 2.75) is 13.8 Å². The van der Waals surface area contributed by atoms with Gasteiger partial charge in [0.1, 0.15) is 5.70 Å². The summed E-state index contributed by atoms with van der Waals surface area (Å²) >= 11 is 0. The average Bonchev–Trinajstić information content (AvgIpc) is 2.75. The van der Waals surface area contributed by atoms with Gasteiger partial charge in [0.2, 0.25) is 0 Å². The average molecular weight is 292 g/mol. The van der Waals surface area contributed by atoms with Gasteiger partial charge in [-0.1, -0.05) is 29.8 Å². The Morgan fingerprint density at radius 2 is 1.64 bits per heavy atom. The van der Waals surface area contributed by atoms with E-state index in [0.717, 1.165) is 16.8 Å². The Kier molecular flexibility index (Phi) is 3.51. The van der Waals surface area contributed by atoms with Crippen LogP contribution in [-0.2, 0) is 9.59 Å². The number of benzene rings is 2. The third-order valence-corrected chi connectivity index (χ3v) is 3.51. The first kappa shape index (κ1) is 14.1. The number of amides is 2. The van der Waals surface area contributed by atoms with Gasteiger partial charge in [0.15, 0.2) is 0 Å². The van der Waals surface area contributed by atoms with Gasteiger partial charge in [0.05, 0.1) is 5.69 Å². The zero-order valence-electron chi connectivity index (χ0n) is 12.5. The van der Waals surface area contributed by atoms with Crippen LogP contribution in [0.25, 0.3) is 0 Å². The van der Waals surface area contributed by atoms with Gasteiger partial charge < -0.3 is 5.32 Å². The fourth-order valence-corrected chi connectivity index (χ4v) is 2.38. The summed E-state index contributed by atoms with van der Waals surface area (Å²) in [6, 6.07) is 15.0. The Balaban J connectivity index is 1.84. The molecule has 0 saturated heterocycles. The molecule has 2 amide bonds. The summed E-state index contributed by atoms with van der Waals surface area (Å²) in [5.41, 5.74) is 3.82. The van der Waals surface area contributed by atoms with Crippen molar-refractivity contribution in [3.05, 3.63) is 71.4 Å². The zero-order chi connectivity index (χ0) is 15.7. The first-order valence-corrected chi connectivity index (χ1v) is 7.05. The van der Waals surface area contributed by atoms with Crippen LogP contribution < -0.4 is 10.2 Å². The Hall–Kier alpha value is -2.88. The molecule has 1 N–H and O–H groups in total. The van der Waals surface area contributed by atoms with Crippen LogP contribution in [0.15, 0.2) is 60.3 Å². The molecule has 0 fully saturated rings. The molecule has 0 unspecified atom stereocenters. The van der Waals surface area contributed by atoms with Crippen molar-refractivity contribution < 1.29 is 9.59 Å². The lowest BCUT2D eigenvalue weighted by Gasteiger charge is -2.15. The van der Waals surface area contributed by atoms with Crippen molar-refractivity contribution in [2.24, 2.45) is 0 Å². The molecule has 0 spiro atoms. The Morgan fingerprint density at radius 3 is 2.32 bits per heavy atom. The molecule has 1 aliphatic heterocycles. The lowest BCUT2D eigenvalue weighted by atomic mass is 10.2. The van der Waals surface area contributed by atoms with E-state index in [1.165, 1.54) is 11.0 Å². The van der Waals surface area contributed by atoms with Crippen LogP contribution in [0.2, 0.25) is 0 Å². The molecule has 1 heterocycles. The molecule has 0 radical (unpaired) electrons. The lowest BCUT2D eigenvalue weighted by Crippen LogP contribution is -2.31. The molecule has 2 aromatic carbocycles. The summed E-state index contributed by atoms with van der Waals surface area (Å²) in [5.74, 6) is -0.667. The van der Waals surface area contributed by atoms with Crippen molar-refractivity contribution >= 4 is 23.2 Å². The molecule has 0 saturated carbocycles. The van der Waals surface area contributed by atoms with Gasteiger partial charge in [-0.15, -0.1) is 0 Å². The highest BCUT2D eigenvalue weighted by Gasteiger charge is 2.32. The van der Waals surface area contributed by atoms with E-state index in [1.807, 2.05) is 50.2 Å². The van der Waals surface area contributed by atoms with Crippen molar-refractivity contribution in [2.75, 3.05) is 10.2 Å². The van der Waals surface area contributed by atoms with E-state index in [4.69, 9.17) is 0 Å². The van der Waals surface area contributed by atoms with Crippen molar-refractivity contribution in [3.8, 4) is 0 Å². The highest BCUT2D eigenvalue weighted by Crippen LogP contribution is 2.24. The van der Waals surface area contributed by atoms with E-state index in [-0.39, 0.29) is 17.5 Å². The van der Waals surface area contributed by atoms with Crippen LogP contribution in [0.1, 0.15) is 11.1 Å². The molecule has 22 heavy (non-hydrogen) atoms. The molecule has 0 aliphatic carbocycles. The molecule has 2 aromatic rings. The Morgan fingerprint density at radius 1 is 0.909 bits per heavy atom. The molecular formula is C18H16N2O2. The third kappa shape index (κ3) is 2.63. The standard InChI is InChI=1S/C18H16N2O2/c1-12-6-8-15(9-7-12)20-17(21)11-16(18(20)22)19-14-5-3-4-13(2)10-14/h3-11,19H,1-2H3. The van der Waals surface area contributed by atoms with E-state index >= 15 is 0 Å². The maximum absolute atomic E-state index is 12.5. The van der Waals surface area contributed by atoms with Gasteiger partial charge >= 0.3 is 0 Å². The number of carbonyl (C=O) groups is 2. The smallest absolute Gasteiger partial charge is 0.281 e. The van der Waals surface area contributed by atoms with Crippen molar-refractivity contribution in [1.29, 1.82) is 0 Å². The van der Waals surface area contributed by atoms with E-state index in [1.54, 1.807) is 12.1 Å². The number of hydrogen-bond acceptors (Lipinski definition) is 3. The second kappa shape index (κ2) is 5.48. The van der Waals surface area contributed by atoms with Crippen LogP contribution in [0.5, 0.6) is 0 Å². The lowest BCUT2D eigenvalue weighted by molar-refractivity contribution is -0.120. The van der Waals surface area contributed by atoms with Gasteiger partial charge in [0, 0.05) is 11.8 Å². The van der Waals surface area contributed by atoms with Crippen LogP contribution in [0.4, 0.5) is 11.4 Å². The molecular weight excluding hydrogens is 276 g/mol. The summed E-state index contributed by atoms with van der Waals surface area (Å²) in [4.78, 5) is 25.8. The highest BCUT2D eigenvalue weighted by atomic mass is 16.2. The van der Waals surface area contributed by atoms with Gasteiger partial charge in [-0.05, 0) is 43.7 Å². The molecule has 110 valence electrons. The summed E-state index contributed by atoms with van der Waals surface area (Å²) in [6.07, 6.45) is 1.34. The highest BCUT2D eigenvalue weighted by molar-refractivity contribution is 6.31. The second-order valence-corrected chi connectivity index (χ2v) is 5.37. The van der Waals surface area contributed by atoms with Crippen molar-refractivity contribution in [1.82, 2.24) is 0 Å². The minimum Gasteiger partial charge on any atom is -0.351 e. The van der Waals surface area contributed by atoms with Crippen LogP contribution in [0, 0.1) is 13.8 Å². The van der Waals surface area contributed by atoms with E-state index < -0.39 is 0 Å². The molecule has 1 aliphatic rings. The minimum atomic E-state index is -0.338. The minimum absolute atomic E-state index is 0.288. The predicted octanol–water partition coefficient (Wildman–Crippen LogP) is 3.17. The normalized spacial score (nSPS) is 14.3. The van der Waals surface area contributed by atoms with Crippen LogP contribution in [0.3, 0.4) is 0 Å². The van der Waals surface area contributed by atoms with Gasteiger partial charge in [-0.2, -0.15) is 0 Å². The first-order valence-electron chi connectivity index (χ1n) is 7.05. The molecule has 4 heteroatoms. The maximum atomic E-state index is 12.5. The van der Waals surface area contributed by atoms with Crippen LogP contribution in [-0.4, -0.2) is 11.8 Å². The summed E-state index contributed by atoms with van der Waals surface area (Å²) in [6.45, 7) is 3.93. The number of anilines is 2. The summed E-state index contributed by atoms with van der Waals surface area (Å²) in [7, 11) is 0. The first-order chi connectivity index (χ1) is 10.5. The number of carbonyl (C=O) groups excluding carboxylic acids is 2. The fraction of sp³-hybridized carbons (Fsp3) is 0.111. The van der Waals surface area contributed by atoms with Crippen LogP contribution >= 0.6 is 0 Å². The zero-order valence-corrected chi connectivity index (χ0v) is 12.5. The third-order valence-electron chi connectivity index (χ3n) is 3.51. The number of nitrogens with one attached hydrogen (secondary N) is 1. The maximum Gasteiger partial charge on any atom is 0.281 e. The SMILES string of the molecule is Cc1ccc(N2C(=O)C=C(Nc3cccc(C)c3)C2=O)cc1. The van der Waals surface area contributed by atoms with E-state index in [2.05, 4.69) is 5.32 Å². The largest absolute Gasteiger partial charge is 0.351 e. The fourth-order valence-electron chi connectivity index (χ4n) is 2.38. The summed E-state index contributed by atoms with van der Waals surface area (Å²) in [5, 5.41) is 3.02. The number of aryl methyl sites for hydroxylation is 2. The van der Waals surface area contributed by atoms with Gasteiger partial charge in [0.25, 0.3) is 11.8 Å². The Bertz CT molecular complexity index is 776. The quantitative estimate of drug-likeness (QED) is 0.884. The Labute approximate surface area is 129 Å². The number of nitrogens with zero attached hydrogens (tertiary/aromatic N) is 1. The second-order valence-electron chi connectivity index (χ2n) is 5.37. The molecule has 0 bridgehead atoms. The van der Waals surface area contributed by atoms with Gasteiger partial charge in [-0.25, -0.2) is 4.90 Å². The number of hydrogen-bond donors (Lipinski definition) is 1. The topological polar surface area (TPSA) is 49.4 Å². The predicted molar refractivity (Wildman–Crippen MR) is 86.6 cm³/mol. The monoisotopic (exact) mass is 292 g/mol. The molecule has 0 atom stereocenters. The molecule has 3 rings (SSSR count). The number of rotatable bonds is 3. The molecule has 0 aromatic heterocycles. The summed E-state index contributed by atoms with van der Waals surface area (Å²) < 4.78 is 0.